The average molecular weight is 252 g/mol. The summed E-state index contributed by atoms with van der Waals surface area (Å²) in [5.41, 5.74) is 5.55. The van der Waals surface area contributed by atoms with Gasteiger partial charge in [0, 0.05) is 19.3 Å². The predicted octanol–water partition coefficient (Wildman–Crippen LogP) is 0.462. The molecule has 92 valence electrons. The van der Waals surface area contributed by atoms with Crippen LogP contribution in [0.25, 0.3) is 0 Å². The number of aromatic nitrogens is 2. The van der Waals surface area contributed by atoms with E-state index in [0.29, 0.717) is 24.5 Å². The molecule has 0 aromatic carbocycles. The van der Waals surface area contributed by atoms with Crippen LogP contribution in [-0.2, 0) is 0 Å². The lowest BCUT2D eigenvalue weighted by molar-refractivity contribution is 0.0349. The Bertz CT molecular complexity index is 425. The monoisotopic (exact) mass is 252 g/mol. The van der Waals surface area contributed by atoms with Crippen molar-refractivity contribution in [1.82, 2.24) is 9.97 Å². The molecule has 5 nitrogen and oxygen atoms in total. The average Bonchev–Trinajstić information content (AvgIpc) is 2.29. The SMILES string of the molecule is CC1(O)CCN(c2nccc(C(N)=S)n2)CC1. The third-order valence-electron chi connectivity index (χ3n) is 3.02. The summed E-state index contributed by atoms with van der Waals surface area (Å²) in [6.07, 6.45) is 3.09. The summed E-state index contributed by atoms with van der Waals surface area (Å²) in [7, 11) is 0. The molecule has 0 atom stereocenters. The second-order valence-corrected chi connectivity index (χ2v) is 5.03. The smallest absolute Gasteiger partial charge is 0.225 e. The van der Waals surface area contributed by atoms with Crippen molar-refractivity contribution in [2.45, 2.75) is 25.4 Å². The van der Waals surface area contributed by atoms with E-state index in [2.05, 4.69) is 9.97 Å². The van der Waals surface area contributed by atoms with Gasteiger partial charge in [0.1, 0.15) is 10.7 Å². The highest BCUT2D eigenvalue weighted by molar-refractivity contribution is 7.80. The van der Waals surface area contributed by atoms with Gasteiger partial charge in [-0.15, -0.1) is 0 Å². The third-order valence-corrected chi connectivity index (χ3v) is 3.23. The summed E-state index contributed by atoms with van der Waals surface area (Å²) in [5.74, 6) is 0.630. The van der Waals surface area contributed by atoms with Crippen LogP contribution < -0.4 is 10.6 Å². The predicted molar refractivity (Wildman–Crippen MR) is 70.0 cm³/mol. The van der Waals surface area contributed by atoms with Crippen molar-refractivity contribution < 1.29 is 5.11 Å². The van der Waals surface area contributed by atoms with Crippen molar-refractivity contribution in [3.63, 3.8) is 0 Å². The van der Waals surface area contributed by atoms with Crippen LogP contribution >= 0.6 is 12.2 Å². The summed E-state index contributed by atoms with van der Waals surface area (Å²) in [4.78, 5) is 10.8. The van der Waals surface area contributed by atoms with E-state index in [9.17, 15) is 5.11 Å². The molecule has 2 rings (SSSR count). The Kier molecular flexibility index (Phi) is 3.26. The molecule has 2 heterocycles. The molecule has 0 spiro atoms. The lowest BCUT2D eigenvalue weighted by Gasteiger charge is -2.35. The van der Waals surface area contributed by atoms with Crippen LogP contribution in [-0.4, -0.2) is 38.8 Å². The van der Waals surface area contributed by atoms with Crippen molar-refractivity contribution >= 4 is 23.2 Å². The zero-order valence-electron chi connectivity index (χ0n) is 9.76. The number of thiocarbonyl (C=S) groups is 1. The maximum Gasteiger partial charge on any atom is 0.225 e. The van der Waals surface area contributed by atoms with Gasteiger partial charge in [0.05, 0.1) is 5.60 Å². The van der Waals surface area contributed by atoms with Gasteiger partial charge in [-0.25, -0.2) is 9.97 Å². The summed E-state index contributed by atoms with van der Waals surface area (Å²) >= 11 is 4.89. The molecule has 1 aromatic heterocycles. The fourth-order valence-corrected chi connectivity index (χ4v) is 1.94. The van der Waals surface area contributed by atoms with E-state index in [-0.39, 0.29) is 4.99 Å². The molecule has 1 aliphatic rings. The maximum absolute atomic E-state index is 9.87. The number of aliphatic hydroxyl groups is 1. The van der Waals surface area contributed by atoms with Crippen LogP contribution in [0.5, 0.6) is 0 Å². The standard InChI is InChI=1S/C11H16N4OS/c1-11(16)3-6-15(7-4-11)10-13-5-2-8(14-10)9(12)17/h2,5,16H,3-4,6-7H2,1H3,(H2,12,17). The van der Waals surface area contributed by atoms with Crippen LogP contribution in [0.2, 0.25) is 0 Å². The number of piperidine rings is 1. The minimum Gasteiger partial charge on any atom is -0.390 e. The first-order chi connectivity index (χ1) is 7.98. The Morgan fingerprint density at radius 1 is 1.53 bits per heavy atom. The topological polar surface area (TPSA) is 75.3 Å². The Balaban J connectivity index is 2.13. The molecule has 1 aromatic rings. The highest BCUT2D eigenvalue weighted by Crippen LogP contribution is 2.23. The molecule has 1 fully saturated rings. The molecule has 1 aliphatic heterocycles. The van der Waals surface area contributed by atoms with Gasteiger partial charge in [0.25, 0.3) is 0 Å². The summed E-state index contributed by atoms with van der Waals surface area (Å²) in [6, 6.07) is 1.70. The number of nitrogens with zero attached hydrogens (tertiary/aromatic N) is 3. The van der Waals surface area contributed by atoms with E-state index in [4.69, 9.17) is 18.0 Å². The van der Waals surface area contributed by atoms with Crippen molar-refractivity contribution in [2.75, 3.05) is 18.0 Å². The van der Waals surface area contributed by atoms with Crippen molar-refractivity contribution in [2.24, 2.45) is 5.73 Å². The minimum atomic E-state index is -0.572. The largest absolute Gasteiger partial charge is 0.390 e. The number of hydrogen-bond donors (Lipinski definition) is 2. The van der Waals surface area contributed by atoms with E-state index in [1.54, 1.807) is 12.3 Å². The quantitative estimate of drug-likeness (QED) is 0.745. The van der Waals surface area contributed by atoms with Gasteiger partial charge in [-0.3, -0.25) is 0 Å². The van der Waals surface area contributed by atoms with Gasteiger partial charge in [0.2, 0.25) is 5.95 Å². The van der Waals surface area contributed by atoms with Gasteiger partial charge in [-0.05, 0) is 25.8 Å². The molecule has 0 amide bonds. The highest BCUT2D eigenvalue weighted by Gasteiger charge is 2.28. The molecule has 0 radical (unpaired) electrons. The molecular weight excluding hydrogens is 236 g/mol. The Morgan fingerprint density at radius 3 is 2.76 bits per heavy atom. The van der Waals surface area contributed by atoms with Gasteiger partial charge < -0.3 is 15.7 Å². The molecule has 1 saturated heterocycles. The molecule has 0 bridgehead atoms. The Labute approximate surface area is 106 Å². The van der Waals surface area contributed by atoms with Crippen molar-refractivity contribution in [3.05, 3.63) is 18.0 Å². The fraction of sp³-hybridized carbons (Fsp3) is 0.545. The van der Waals surface area contributed by atoms with Gasteiger partial charge >= 0.3 is 0 Å². The number of hydrogen-bond acceptors (Lipinski definition) is 5. The van der Waals surface area contributed by atoms with E-state index < -0.39 is 5.60 Å². The van der Waals surface area contributed by atoms with E-state index >= 15 is 0 Å². The second kappa shape index (κ2) is 4.54. The van der Waals surface area contributed by atoms with Crippen molar-refractivity contribution in [1.29, 1.82) is 0 Å². The Morgan fingerprint density at radius 2 is 2.18 bits per heavy atom. The lowest BCUT2D eigenvalue weighted by Crippen LogP contribution is -2.43. The molecule has 0 aliphatic carbocycles. The number of anilines is 1. The summed E-state index contributed by atoms with van der Waals surface area (Å²) < 4.78 is 0. The van der Waals surface area contributed by atoms with Gasteiger partial charge in [0.15, 0.2) is 0 Å². The first-order valence-electron chi connectivity index (χ1n) is 5.58. The van der Waals surface area contributed by atoms with E-state index in [1.807, 2.05) is 11.8 Å². The highest BCUT2D eigenvalue weighted by atomic mass is 32.1. The first kappa shape index (κ1) is 12.2. The zero-order chi connectivity index (χ0) is 12.5. The molecule has 17 heavy (non-hydrogen) atoms. The fourth-order valence-electron chi connectivity index (χ4n) is 1.83. The Hall–Kier alpha value is -1.27. The molecular formula is C11H16N4OS. The normalized spacial score (nSPS) is 19.1. The molecule has 0 unspecified atom stereocenters. The van der Waals surface area contributed by atoms with Crippen LogP contribution in [0.4, 0.5) is 5.95 Å². The van der Waals surface area contributed by atoms with Crippen LogP contribution in [0, 0.1) is 0 Å². The van der Waals surface area contributed by atoms with E-state index in [0.717, 1.165) is 13.1 Å². The van der Waals surface area contributed by atoms with Crippen LogP contribution in [0.15, 0.2) is 12.3 Å². The van der Waals surface area contributed by atoms with Gasteiger partial charge in [-0.2, -0.15) is 0 Å². The second-order valence-electron chi connectivity index (χ2n) is 4.59. The number of nitrogens with two attached hydrogens (primary N) is 1. The minimum absolute atomic E-state index is 0.276. The van der Waals surface area contributed by atoms with E-state index in [1.165, 1.54) is 0 Å². The van der Waals surface area contributed by atoms with Crippen molar-refractivity contribution in [3.8, 4) is 0 Å². The first-order valence-corrected chi connectivity index (χ1v) is 5.99. The molecule has 3 N–H and O–H groups in total. The summed E-state index contributed by atoms with van der Waals surface area (Å²) in [5, 5.41) is 9.87. The van der Waals surface area contributed by atoms with Crippen LogP contribution in [0.1, 0.15) is 25.5 Å². The number of rotatable bonds is 2. The van der Waals surface area contributed by atoms with Crippen LogP contribution in [0.3, 0.4) is 0 Å². The third kappa shape index (κ3) is 2.89. The zero-order valence-corrected chi connectivity index (χ0v) is 10.6. The molecule has 6 heteroatoms. The van der Waals surface area contributed by atoms with Gasteiger partial charge in [-0.1, -0.05) is 12.2 Å². The summed E-state index contributed by atoms with van der Waals surface area (Å²) in [6.45, 7) is 3.35. The maximum atomic E-state index is 9.87. The molecule has 0 saturated carbocycles. The lowest BCUT2D eigenvalue weighted by atomic mass is 9.94.